The number of fused-ring (bicyclic) bond motifs is 2. The molecule has 0 saturated carbocycles. The molecule has 0 unspecified atom stereocenters. The number of hydrogen-bond donors (Lipinski definition) is 3. The van der Waals surface area contributed by atoms with E-state index in [2.05, 4.69) is 101 Å². The van der Waals surface area contributed by atoms with E-state index < -0.39 is 20.2 Å². The minimum absolute atomic E-state index is 0.265. The topological polar surface area (TPSA) is 176 Å². The summed E-state index contributed by atoms with van der Waals surface area (Å²) in [5.74, 6) is -0.530. The first-order valence-corrected chi connectivity index (χ1v) is 21.9. The molecule has 12 nitrogen and oxygen atoms in total. The minimum Gasteiger partial charge on any atom is -0.385 e. The third-order valence-electron chi connectivity index (χ3n) is 10.7. The summed E-state index contributed by atoms with van der Waals surface area (Å²) in [4.78, 5) is 5.16. The zero-order chi connectivity index (χ0) is 39.1. The maximum atomic E-state index is 11.4. The summed E-state index contributed by atoms with van der Waals surface area (Å²) in [7, 11) is -8.05. The highest BCUT2D eigenvalue weighted by Crippen LogP contribution is 2.48. The van der Waals surface area contributed by atoms with Crippen molar-refractivity contribution in [3.8, 4) is 0 Å². The highest BCUT2D eigenvalue weighted by Gasteiger charge is 2.44. The van der Waals surface area contributed by atoms with Crippen LogP contribution in [-0.4, -0.2) is 73.9 Å². The van der Waals surface area contributed by atoms with E-state index in [0.717, 1.165) is 52.5 Å². The number of benzene rings is 2. The second-order valence-corrected chi connectivity index (χ2v) is 18.3. The SMILES string of the molecule is CC1(C)C(/C=C/C2=C(NCCCN=[N+]=[N-])C(=C\C=C3/N(CCCCS(=O)(=O)O)c4ccccc4C3(C)C)/CC2)=[N+](CCCCS(=O)(=O)O)c2ccccc21. The van der Waals surface area contributed by atoms with Crippen LogP contribution in [0.25, 0.3) is 10.4 Å². The molecule has 0 saturated heterocycles. The Morgan fingerprint density at radius 2 is 1.52 bits per heavy atom. The molecule has 0 atom stereocenters. The van der Waals surface area contributed by atoms with Crippen LogP contribution in [0.2, 0.25) is 0 Å². The fraction of sp³-hybridized carbons (Fsp3) is 0.475. The highest BCUT2D eigenvalue weighted by molar-refractivity contribution is 7.86. The molecule has 0 aromatic heterocycles. The second kappa shape index (κ2) is 17.1. The zero-order valence-corrected chi connectivity index (χ0v) is 33.3. The third kappa shape index (κ3) is 9.72. The normalized spacial score (nSPS) is 19.3. The quantitative estimate of drug-likeness (QED) is 0.0342. The van der Waals surface area contributed by atoms with Crippen LogP contribution in [0.15, 0.2) is 100 Å². The van der Waals surface area contributed by atoms with Gasteiger partial charge in [0.05, 0.1) is 16.9 Å². The van der Waals surface area contributed by atoms with E-state index in [-0.39, 0.29) is 22.3 Å². The molecule has 5 rings (SSSR count). The number of anilines is 1. The van der Waals surface area contributed by atoms with Crippen molar-refractivity contribution in [3.63, 3.8) is 0 Å². The monoisotopic (exact) mass is 777 g/mol. The van der Waals surface area contributed by atoms with Gasteiger partial charge in [-0.2, -0.15) is 21.4 Å². The molecule has 0 amide bonds. The lowest BCUT2D eigenvalue weighted by atomic mass is 9.81. The first kappa shape index (κ1) is 41.0. The number of azide groups is 1. The Hall–Kier alpha value is -4.20. The van der Waals surface area contributed by atoms with Gasteiger partial charge in [0.25, 0.3) is 20.2 Å². The summed E-state index contributed by atoms with van der Waals surface area (Å²) in [6.45, 7) is 11.1. The van der Waals surface area contributed by atoms with Gasteiger partial charge < -0.3 is 10.2 Å². The lowest BCUT2D eigenvalue weighted by molar-refractivity contribution is -0.438. The number of allylic oxidation sites excluding steroid dienone is 7. The van der Waals surface area contributed by atoms with Crippen molar-refractivity contribution in [2.75, 3.05) is 42.6 Å². The number of unbranched alkanes of at least 4 members (excludes halogenated alkanes) is 2. The van der Waals surface area contributed by atoms with Gasteiger partial charge in [0.1, 0.15) is 6.54 Å². The standard InChI is InChI=1S/C40H52N6O6S2/c1-39(2)32-14-5-7-16-34(32)45(26-9-11-28-53(47,48)49)36(39)22-20-30-18-19-31(38(30)42-24-13-25-43-44-41)21-23-37-40(3,4)33-15-6-8-17-35(33)46(37)27-10-12-29-54(50,51)52/h5-8,14-17,20-23H,9-13,18-19,24-29H2,1-4H3,(H2,47,48,49,50,51,52)/p+1/b30-20-,36-22-. The number of rotatable bonds is 18. The molecular formula is C40H53N6O6S2+. The number of nitrogens with one attached hydrogen (secondary N) is 1. The van der Waals surface area contributed by atoms with Crippen molar-refractivity contribution in [2.45, 2.75) is 83.5 Å². The summed E-state index contributed by atoms with van der Waals surface area (Å²) in [6, 6.07) is 16.6. The molecule has 2 heterocycles. The maximum Gasteiger partial charge on any atom is 0.264 e. The molecule has 290 valence electrons. The minimum atomic E-state index is -4.02. The van der Waals surface area contributed by atoms with Gasteiger partial charge in [0.2, 0.25) is 5.69 Å². The highest BCUT2D eigenvalue weighted by atomic mass is 32.2. The molecule has 3 N–H and O–H groups in total. The molecule has 54 heavy (non-hydrogen) atoms. The summed E-state index contributed by atoms with van der Waals surface area (Å²) in [5, 5.41) is 7.36. The van der Waals surface area contributed by atoms with Gasteiger partial charge in [-0.15, -0.1) is 0 Å². The lowest BCUT2D eigenvalue weighted by Gasteiger charge is -2.27. The summed E-state index contributed by atoms with van der Waals surface area (Å²) in [5.41, 5.74) is 18.4. The van der Waals surface area contributed by atoms with Crippen molar-refractivity contribution < 1.29 is 30.5 Å². The van der Waals surface area contributed by atoms with Gasteiger partial charge in [-0.05, 0) is 86.8 Å². The Kier molecular flexibility index (Phi) is 13.0. The van der Waals surface area contributed by atoms with E-state index in [0.29, 0.717) is 58.3 Å². The smallest absolute Gasteiger partial charge is 0.264 e. The van der Waals surface area contributed by atoms with Crippen LogP contribution in [0.4, 0.5) is 11.4 Å². The Balaban J connectivity index is 1.49. The average molecular weight is 778 g/mol. The molecule has 0 bridgehead atoms. The first-order chi connectivity index (χ1) is 25.5. The molecule has 1 aliphatic carbocycles. The maximum absolute atomic E-state index is 11.4. The van der Waals surface area contributed by atoms with Crippen LogP contribution < -0.4 is 10.2 Å². The predicted octanol–water partition coefficient (Wildman–Crippen LogP) is 7.90. The summed E-state index contributed by atoms with van der Waals surface area (Å²) in [6.07, 6.45) is 13.0. The van der Waals surface area contributed by atoms with E-state index >= 15 is 0 Å². The van der Waals surface area contributed by atoms with Crippen molar-refractivity contribution in [2.24, 2.45) is 5.11 Å². The van der Waals surface area contributed by atoms with Crippen LogP contribution in [-0.2, 0) is 31.1 Å². The van der Waals surface area contributed by atoms with Gasteiger partial charge in [0, 0.05) is 71.2 Å². The van der Waals surface area contributed by atoms with E-state index in [1.165, 1.54) is 11.1 Å². The zero-order valence-electron chi connectivity index (χ0n) is 31.7. The fourth-order valence-corrected chi connectivity index (χ4v) is 9.06. The Bertz CT molecular complexity index is 2160. The van der Waals surface area contributed by atoms with Gasteiger partial charge >= 0.3 is 0 Å². The largest absolute Gasteiger partial charge is 0.385 e. The van der Waals surface area contributed by atoms with Crippen molar-refractivity contribution in [1.29, 1.82) is 0 Å². The molecule has 0 fully saturated rings. The number of nitrogens with zero attached hydrogens (tertiary/aromatic N) is 5. The molecule has 3 aliphatic rings. The third-order valence-corrected chi connectivity index (χ3v) is 12.3. The van der Waals surface area contributed by atoms with Crippen LogP contribution in [0, 0.1) is 0 Å². The van der Waals surface area contributed by atoms with Crippen molar-refractivity contribution in [1.82, 2.24) is 5.32 Å². The molecule has 2 aliphatic heterocycles. The number of para-hydroxylation sites is 2. The van der Waals surface area contributed by atoms with Gasteiger partial charge in [0.15, 0.2) is 5.71 Å². The lowest BCUT2D eigenvalue weighted by Crippen LogP contribution is -2.28. The Morgan fingerprint density at radius 3 is 2.22 bits per heavy atom. The molecule has 2 aromatic carbocycles. The predicted molar refractivity (Wildman–Crippen MR) is 216 cm³/mol. The van der Waals surface area contributed by atoms with Gasteiger partial charge in [-0.1, -0.05) is 67.5 Å². The molecule has 0 radical (unpaired) electrons. The molecule has 0 spiro atoms. The number of hydrogen-bond acceptors (Lipinski definition) is 7. The summed E-state index contributed by atoms with van der Waals surface area (Å²) < 4.78 is 66.4. The average Bonchev–Trinajstić information content (AvgIpc) is 3.66. The first-order valence-electron chi connectivity index (χ1n) is 18.6. The van der Waals surface area contributed by atoms with E-state index in [1.807, 2.05) is 24.3 Å². The second-order valence-electron chi connectivity index (χ2n) is 15.2. The Labute approximate surface area is 320 Å². The fourth-order valence-electron chi connectivity index (χ4n) is 7.93. The van der Waals surface area contributed by atoms with Crippen LogP contribution in [0.1, 0.15) is 83.8 Å². The van der Waals surface area contributed by atoms with Crippen molar-refractivity contribution in [3.05, 3.63) is 117 Å². The molecule has 14 heteroatoms. The molecular weight excluding hydrogens is 725 g/mol. The molecule has 2 aromatic rings. The van der Waals surface area contributed by atoms with Gasteiger partial charge in [-0.3, -0.25) is 9.11 Å². The Morgan fingerprint density at radius 1 is 0.852 bits per heavy atom. The van der Waals surface area contributed by atoms with Gasteiger partial charge in [-0.25, -0.2) is 0 Å². The van der Waals surface area contributed by atoms with Crippen LogP contribution in [0.3, 0.4) is 0 Å². The van der Waals surface area contributed by atoms with Crippen LogP contribution >= 0.6 is 0 Å². The van der Waals surface area contributed by atoms with E-state index in [4.69, 9.17) is 5.53 Å². The van der Waals surface area contributed by atoms with Crippen molar-refractivity contribution >= 4 is 37.3 Å². The van der Waals surface area contributed by atoms with E-state index in [1.54, 1.807) is 0 Å². The summed E-state index contributed by atoms with van der Waals surface area (Å²) >= 11 is 0. The van der Waals surface area contributed by atoms with E-state index in [9.17, 15) is 25.9 Å². The van der Waals surface area contributed by atoms with Crippen LogP contribution in [0.5, 0.6) is 0 Å².